The Hall–Kier alpha value is -2.85. The molecule has 27 heavy (non-hydrogen) atoms. The molecule has 0 saturated carbocycles. The first-order valence-corrected chi connectivity index (χ1v) is 9.69. The van der Waals surface area contributed by atoms with Gasteiger partial charge in [-0.05, 0) is 61.0 Å². The SMILES string of the molecule is c1ccc2c(-c3ccc4cc(OCCN5CCCC5)ccc4c3)n[nH]c2c1. The molecule has 4 heteroatoms. The highest BCUT2D eigenvalue weighted by Crippen LogP contribution is 2.30. The highest BCUT2D eigenvalue weighted by molar-refractivity contribution is 5.96. The van der Waals surface area contributed by atoms with Crippen LogP contribution in [0.5, 0.6) is 5.75 Å². The number of aromatic amines is 1. The van der Waals surface area contributed by atoms with Crippen LogP contribution in [-0.4, -0.2) is 41.3 Å². The lowest BCUT2D eigenvalue weighted by atomic mass is 10.0. The fraction of sp³-hybridized carbons (Fsp3) is 0.261. The second-order valence-electron chi connectivity index (χ2n) is 7.24. The van der Waals surface area contributed by atoms with E-state index in [1.54, 1.807) is 0 Å². The van der Waals surface area contributed by atoms with Crippen molar-refractivity contribution in [3.63, 3.8) is 0 Å². The molecule has 0 bridgehead atoms. The van der Waals surface area contributed by atoms with Gasteiger partial charge in [0.25, 0.3) is 0 Å². The van der Waals surface area contributed by atoms with Crippen LogP contribution in [0.25, 0.3) is 32.9 Å². The van der Waals surface area contributed by atoms with Gasteiger partial charge in [-0.2, -0.15) is 5.10 Å². The van der Waals surface area contributed by atoms with Gasteiger partial charge in [-0.1, -0.05) is 36.4 Å². The smallest absolute Gasteiger partial charge is 0.120 e. The minimum atomic E-state index is 0.753. The van der Waals surface area contributed by atoms with Gasteiger partial charge in [0.05, 0.1) is 11.2 Å². The number of para-hydroxylation sites is 1. The predicted octanol–water partition coefficient (Wildman–Crippen LogP) is 4.86. The summed E-state index contributed by atoms with van der Waals surface area (Å²) in [5.74, 6) is 0.944. The number of fused-ring (bicyclic) bond motifs is 2. The van der Waals surface area contributed by atoms with E-state index in [0.717, 1.165) is 41.1 Å². The summed E-state index contributed by atoms with van der Waals surface area (Å²) in [6, 6.07) is 21.1. The summed E-state index contributed by atoms with van der Waals surface area (Å²) in [4.78, 5) is 2.47. The van der Waals surface area contributed by atoms with Gasteiger partial charge in [0.15, 0.2) is 0 Å². The molecule has 136 valence electrons. The number of ether oxygens (including phenoxy) is 1. The second-order valence-corrected chi connectivity index (χ2v) is 7.24. The van der Waals surface area contributed by atoms with Gasteiger partial charge in [0.1, 0.15) is 12.4 Å². The molecule has 0 spiro atoms. The summed E-state index contributed by atoms with van der Waals surface area (Å²) in [5, 5.41) is 11.2. The Morgan fingerprint density at radius 1 is 0.926 bits per heavy atom. The van der Waals surface area contributed by atoms with Crippen molar-refractivity contribution in [2.75, 3.05) is 26.2 Å². The van der Waals surface area contributed by atoms with Crippen LogP contribution in [0.15, 0.2) is 60.7 Å². The molecular formula is C23H23N3O. The number of aromatic nitrogens is 2. The number of nitrogens with zero attached hydrogens (tertiary/aromatic N) is 2. The maximum absolute atomic E-state index is 5.98. The molecule has 0 unspecified atom stereocenters. The van der Waals surface area contributed by atoms with E-state index in [4.69, 9.17) is 4.74 Å². The van der Waals surface area contributed by atoms with Crippen molar-refractivity contribution < 1.29 is 4.74 Å². The maximum Gasteiger partial charge on any atom is 0.120 e. The second kappa shape index (κ2) is 7.05. The van der Waals surface area contributed by atoms with Gasteiger partial charge in [-0.15, -0.1) is 0 Å². The number of likely N-dealkylation sites (tertiary alicyclic amines) is 1. The van der Waals surface area contributed by atoms with Crippen LogP contribution in [0.4, 0.5) is 0 Å². The third kappa shape index (κ3) is 3.28. The zero-order valence-corrected chi connectivity index (χ0v) is 15.3. The number of benzene rings is 3. The molecule has 1 aliphatic heterocycles. The van der Waals surface area contributed by atoms with E-state index in [1.807, 2.05) is 12.1 Å². The number of rotatable bonds is 5. The first-order chi connectivity index (χ1) is 13.4. The zero-order valence-electron chi connectivity index (χ0n) is 15.3. The third-order valence-electron chi connectivity index (χ3n) is 5.43. The lowest BCUT2D eigenvalue weighted by Gasteiger charge is -2.15. The fourth-order valence-corrected chi connectivity index (χ4v) is 3.94. The van der Waals surface area contributed by atoms with E-state index >= 15 is 0 Å². The van der Waals surface area contributed by atoms with Crippen molar-refractivity contribution in [1.82, 2.24) is 15.1 Å². The van der Waals surface area contributed by atoms with Gasteiger partial charge in [-0.3, -0.25) is 10.00 Å². The zero-order chi connectivity index (χ0) is 18.1. The topological polar surface area (TPSA) is 41.1 Å². The Morgan fingerprint density at radius 3 is 2.67 bits per heavy atom. The monoisotopic (exact) mass is 357 g/mol. The normalized spacial score (nSPS) is 15.0. The van der Waals surface area contributed by atoms with Crippen LogP contribution in [0.3, 0.4) is 0 Å². The standard InChI is InChI=1S/C23H23N3O/c1-2-6-22-21(5-1)23(25-24-22)19-8-7-18-16-20(10-9-17(18)15-19)27-14-13-26-11-3-4-12-26/h1-2,5-10,15-16H,3-4,11-14H2,(H,24,25). The van der Waals surface area contributed by atoms with Crippen molar-refractivity contribution in [3.05, 3.63) is 60.7 Å². The molecule has 0 radical (unpaired) electrons. The van der Waals surface area contributed by atoms with Gasteiger partial charge < -0.3 is 4.74 Å². The van der Waals surface area contributed by atoms with E-state index < -0.39 is 0 Å². The van der Waals surface area contributed by atoms with Gasteiger partial charge in [0, 0.05) is 17.5 Å². The van der Waals surface area contributed by atoms with Crippen molar-refractivity contribution in [2.45, 2.75) is 12.8 Å². The van der Waals surface area contributed by atoms with E-state index in [1.165, 1.54) is 36.7 Å². The van der Waals surface area contributed by atoms with E-state index in [-0.39, 0.29) is 0 Å². The first kappa shape index (κ1) is 16.3. The molecule has 1 aromatic heterocycles. The van der Waals surface area contributed by atoms with Crippen molar-refractivity contribution in [2.24, 2.45) is 0 Å². The molecule has 1 saturated heterocycles. The third-order valence-corrected chi connectivity index (χ3v) is 5.43. The molecule has 3 aromatic carbocycles. The fourth-order valence-electron chi connectivity index (χ4n) is 3.94. The number of hydrogen-bond donors (Lipinski definition) is 1. The van der Waals surface area contributed by atoms with Crippen molar-refractivity contribution in [3.8, 4) is 17.0 Å². The van der Waals surface area contributed by atoms with Crippen molar-refractivity contribution >= 4 is 21.7 Å². The van der Waals surface area contributed by atoms with Gasteiger partial charge >= 0.3 is 0 Å². The first-order valence-electron chi connectivity index (χ1n) is 9.69. The molecule has 0 aliphatic carbocycles. The predicted molar refractivity (Wildman–Crippen MR) is 110 cm³/mol. The molecule has 5 rings (SSSR count). The Bertz CT molecular complexity index is 1080. The largest absolute Gasteiger partial charge is 0.492 e. The molecule has 1 aliphatic rings. The van der Waals surface area contributed by atoms with Crippen molar-refractivity contribution in [1.29, 1.82) is 0 Å². The summed E-state index contributed by atoms with van der Waals surface area (Å²) >= 11 is 0. The Labute approximate surface area is 158 Å². The molecule has 0 amide bonds. The van der Waals surface area contributed by atoms with Crippen LogP contribution < -0.4 is 4.74 Å². The molecule has 4 nitrogen and oxygen atoms in total. The average molecular weight is 357 g/mol. The molecular weight excluding hydrogens is 334 g/mol. The maximum atomic E-state index is 5.98. The van der Waals surface area contributed by atoms with E-state index in [9.17, 15) is 0 Å². The summed E-state index contributed by atoms with van der Waals surface area (Å²) in [6.07, 6.45) is 2.65. The summed E-state index contributed by atoms with van der Waals surface area (Å²) in [6.45, 7) is 4.20. The highest BCUT2D eigenvalue weighted by Gasteiger charge is 2.11. The minimum absolute atomic E-state index is 0.753. The Morgan fingerprint density at radius 2 is 1.74 bits per heavy atom. The van der Waals surface area contributed by atoms with E-state index in [0.29, 0.717) is 0 Å². The number of nitrogens with one attached hydrogen (secondary N) is 1. The lowest BCUT2D eigenvalue weighted by Crippen LogP contribution is -2.25. The minimum Gasteiger partial charge on any atom is -0.492 e. The number of hydrogen-bond acceptors (Lipinski definition) is 3. The Kier molecular flexibility index (Phi) is 4.26. The average Bonchev–Trinajstić information content (AvgIpc) is 3.37. The quantitative estimate of drug-likeness (QED) is 0.555. The van der Waals surface area contributed by atoms with Gasteiger partial charge in [-0.25, -0.2) is 0 Å². The molecule has 2 heterocycles. The number of H-pyrrole nitrogens is 1. The summed E-state index contributed by atoms with van der Waals surface area (Å²) < 4.78 is 5.98. The lowest BCUT2D eigenvalue weighted by molar-refractivity contribution is 0.238. The molecule has 4 aromatic rings. The summed E-state index contributed by atoms with van der Waals surface area (Å²) in [7, 11) is 0. The summed E-state index contributed by atoms with van der Waals surface area (Å²) in [5.41, 5.74) is 3.19. The molecule has 1 fully saturated rings. The molecule has 1 N–H and O–H groups in total. The highest BCUT2D eigenvalue weighted by atomic mass is 16.5. The van der Waals surface area contributed by atoms with Crippen LogP contribution in [0.1, 0.15) is 12.8 Å². The van der Waals surface area contributed by atoms with E-state index in [2.05, 4.69) is 63.6 Å². The van der Waals surface area contributed by atoms with Gasteiger partial charge in [0.2, 0.25) is 0 Å². The van der Waals surface area contributed by atoms with Crippen LogP contribution in [0.2, 0.25) is 0 Å². The van der Waals surface area contributed by atoms with Crippen LogP contribution >= 0.6 is 0 Å². The van der Waals surface area contributed by atoms with Crippen LogP contribution in [-0.2, 0) is 0 Å². The van der Waals surface area contributed by atoms with Crippen LogP contribution in [0, 0.1) is 0 Å². The Balaban J connectivity index is 1.36. The molecule has 0 atom stereocenters.